The SMILES string of the molecule is Cc1cc(Cl)ccc1C(O)C1(CN)CCCCC1. The van der Waals surface area contributed by atoms with E-state index in [0.717, 1.165) is 24.0 Å². The molecule has 1 aliphatic carbocycles. The Bertz CT molecular complexity index is 413. The Kier molecular flexibility index (Phi) is 4.31. The van der Waals surface area contributed by atoms with Gasteiger partial charge < -0.3 is 10.8 Å². The molecule has 100 valence electrons. The summed E-state index contributed by atoms with van der Waals surface area (Å²) in [4.78, 5) is 0. The third kappa shape index (κ3) is 2.56. The summed E-state index contributed by atoms with van der Waals surface area (Å²) in [5, 5.41) is 11.5. The molecule has 1 aromatic rings. The lowest BCUT2D eigenvalue weighted by atomic mass is 9.68. The Morgan fingerprint density at radius 2 is 2.00 bits per heavy atom. The average Bonchev–Trinajstić information content (AvgIpc) is 2.39. The number of aryl methyl sites for hydroxylation is 1. The van der Waals surface area contributed by atoms with Crippen LogP contribution in [0.4, 0.5) is 0 Å². The van der Waals surface area contributed by atoms with Crippen LogP contribution >= 0.6 is 11.6 Å². The van der Waals surface area contributed by atoms with Gasteiger partial charge in [-0.1, -0.05) is 36.9 Å². The number of hydrogen-bond donors (Lipinski definition) is 2. The van der Waals surface area contributed by atoms with Gasteiger partial charge in [-0.15, -0.1) is 0 Å². The van der Waals surface area contributed by atoms with Crippen molar-refractivity contribution in [1.29, 1.82) is 0 Å². The first-order chi connectivity index (χ1) is 8.59. The van der Waals surface area contributed by atoms with Gasteiger partial charge in [0.25, 0.3) is 0 Å². The van der Waals surface area contributed by atoms with Gasteiger partial charge in [-0.25, -0.2) is 0 Å². The fraction of sp³-hybridized carbons (Fsp3) is 0.600. The molecular formula is C15H22ClNO. The quantitative estimate of drug-likeness (QED) is 0.879. The van der Waals surface area contributed by atoms with Crippen LogP contribution in [0, 0.1) is 12.3 Å². The van der Waals surface area contributed by atoms with Crippen molar-refractivity contribution in [2.24, 2.45) is 11.1 Å². The lowest BCUT2D eigenvalue weighted by molar-refractivity contribution is 0.000306. The van der Waals surface area contributed by atoms with Gasteiger partial charge in [-0.2, -0.15) is 0 Å². The molecule has 0 aliphatic heterocycles. The van der Waals surface area contributed by atoms with Crippen molar-refractivity contribution in [3.05, 3.63) is 34.3 Å². The third-order valence-electron chi connectivity index (χ3n) is 4.36. The van der Waals surface area contributed by atoms with E-state index >= 15 is 0 Å². The van der Waals surface area contributed by atoms with Crippen LogP contribution in [-0.2, 0) is 0 Å². The third-order valence-corrected chi connectivity index (χ3v) is 4.60. The maximum Gasteiger partial charge on any atom is 0.0860 e. The fourth-order valence-corrected chi connectivity index (χ4v) is 3.35. The van der Waals surface area contributed by atoms with Crippen LogP contribution in [0.25, 0.3) is 0 Å². The molecule has 1 atom stereocenters. The smallest absolute Gasteiger partial charge is 0.0860 e. The Morgan fingerprint density at radius 3 is 2.56 bits per heavy atom. The van der Waals surface area contributed by atoms with E-state index in [1.165, 1.54) is 19.3 Å². The van der Waals surface area contributed by atoms with Gasteiger partial charge in [0.2, 0.25) is 0 Å². The van der Waals surface area contributed by atoms with E-state index in [1.807, 2.05) is 25.1 Å². The van der Waals surface area contributed by atoms with Crippen LogP contribution < -0.4 is 5.73 Å². The molecule has 1 unspecified atom stereocenters. The van der Waals surface area contributed by atoms with E-state index in [0.29, 0.717) is 11.6 Å². The summed E-state index contributed by atoms with van der Waals surface area (Å²) in [6.45, 7) is 2.55. The number of nitrogens with two attached hydrogens (primary N) is 1. The highest BCUT2D eigenvalue weighted by Crippen LogP contribution is 2.46. The highest BCUT2D eigenvalue weighted by molar-refractivity contribution is 6.30. The molecular weight excluding hydrogens is 246 g/mol. The zero-order valence-electron chi connectivity index (χ0n) is 11.0. The molecule has 0 saturated heterocycles. The van der Waals surface area contributed by atoms with Crippen LogP contribution in [0.3, 0.4) is 0 Å². The first-order valence-electron chi connectivity index (χ1n) is 6.73. The Hall–Kier alpha value is -0.570. The number of rotatable bonds is 3. The van der Waals surface area contributed by atoms with Crippen LogP contribution in [0.15, 0.2) is 18.2 Å². The van der Waals surface area contributed by atoms with Crippen molar-refractivity contribution in [2.45, 2.75) is 45.1 Å². The second-order valence-electron chi connectivity index (χ2n) is 5.53. The second kappa shape index (κ2) is 5.60. The largest absolute Gasteiger partial charge is 0.388 e. The van der Waals surface area contributed by atoms with Crippen LogP contribution in [0.5, 0.6) is 0 Å². The second-order valence-corrected chi connectivity index (χ2v) is 5.97. The highest BCUT2D eigenvalue weighted by atomic mass is 35.5. The molecule has 0 radical (unpaired) electrons. The van der Waals surface area contributed by atoms with Crippen molar-refractivity contribution < 1.29 is 5.11 Å². The van der Waals surface area contributed by atoms with Crippen molar-refractivity contribution in [3.8, 4) is 0 Å². The van der Waals surface area contributed by atoms with Crippen LogP contribution in [-0.4, -0.2) is 11.7 Å². The predicted molar refractivity (Wildman–Crippen MR) is 75.7 cm³/mol. The summed E-state index contributed by atoms with van der Waals surface area (Å²) >= 11 is 5.97. The van der Waals surface area contributed by atoms with Gasteiger partial charge >= 0.3 is 0 Å². The topological polar surface area (TPSA) is 46.2 Å². The molecule has 0 heterocycles. The summed E-state index contributed by atoms with van der Waals surface area (Å²) in [6.07, 6.45) is 5.16. The standard InChI is InChI=1S/C15H22ClNO/c1-11-9-12(16)5-6-13(11)14(18)15(10-17)7-3-2-4-8-15/h5-6,9,14,18H,2-4,7-8,10,17H2,1H3. The molecule has 0 aromatic heterocycles. The minimum absolute atomic E-state index is 0.142. The molecule has 1 saturated carbocycles. The maximum absolute atomic E-state index is 10.7. The van der Waals surface area contributed by atoms with Crippen molar-refractivity contribution >= 4 is 11.6 Å². The minimum atomic E-state index is -0.472. The summed E-state index contributed by atoms with van der Waals surface area (Å²) in [5.41, 5.74) is 7.86. The van der Waals surface area contributed by atoms with E-state index < -0.39 is 6.10 Å². The van der Waals surface area contributed by atoms with E-state index in [-0.39, 0.29) is 5.41 Å². The molecule has 1 fully saturated rings. The fourth-order valence-electron chi connectivity index (χ4n) is 3.12. The first kappa shape index (κ1) is 13.9. The summed E-state index contributed by atoms with van der Waals surface area (Å²) < 4.78 is 0. The molecule has 1 aromatic carbocycles. The van der Waals surface area contributed by atoms with Gasteiger partial charge in [-0.05, 0) is 43.0 Å². The van der Waals surface area contributed by atoms with Crippen molar-refractivity contribution in [3.63, 3.8) is 0 Å². The molecule has 18 heavy (non-hydrogen) atoms. The molecule has 1 aliphatic rings. The predicted octanol–water partition coefficient (Wildman–Crippen LogP) is 3.59. The van der Waals surface area contributed by atoms with Crippen molar-refractivity contribution in [2.75, 3.05) is 6.54 Å². The zero-order valence-corrected chi connectivity index (χ0v) is 11.7. The molecule has 2 rings (SSSR count). The van der Waals surface area contributed by atoms with E-state index in [2.05, 4.69) is 0 Å². The zero-order chi connectivity index (χ0) is 13.2. The van der Waals surface area contributed by atoms with E-state index in [4.69, 9.17) is 17.3 Å². The highest BCUT2D eigenvalue weighted by Gasteiger charge is 2.39. The summed E-state index contributed by atoms with van der Waals surface area (Å²) in [5.74, 6) is 0. The normalized spacial score (nSPS) is 20.7. The molecule has 0 bridgehead atoms. The maximum atomic E-state index is 10.7. The average molecular weight is 268 g/mol. The molecule has 0 amide bonds. The molecule has 3 heteroatoms. The van der Waals surface area contributed by atoms with Crippen molar-refractivity contribution in [1.82, 2.24) is 0 Å². The van der Waals surface area contributed by atoms with Gasteiger partial charge in [0, 0.05) is 17.0 Å². The van der Waals surface area contributed by atoms with Gasteiger partial charge in [0.05, 0.1) is 6.10 Å². The Labute approximate surface area is 114 Å². The number of aliphatic hydroxyl groups is 1. The molecule has 3 N–H and O–H groups in total. The van der Waals surface area contributed by atoms with E-state index in [1.54, 1.807) is 0 Å². The molecule has 0 spiro atoms. The van der Waals surface area contributed by atoms with E-state index in [9.17, 15) is 5.11 Å². The van der Waals surface area contributed by atoms with Gasteiger partial charge in [0.1, 0.15) is 0 Å². The lowest BCUT2D eigenvalue weighted by Crippen LogP contribution is -2.38. The van der Waals surface area contributed by atoms with Crippen LogP contribution in [0.1, 0.15) is 49.3 Å². The minimum Gasteiger partial charge on any atom is -0.388 e. The van der Waals surface area contributed by atoms with Crippen LogP contribution in [0.2, 0.25) is 5.02 Å². The Morgan fingerprint density at radius 1 is 1.33 bits per heavy atom. The summed E-state index contributed by atoms with van der Waals surface area (Å²) in [7, 11) is 0. The first-order valence-corrected chi connectivity index (χ1v) is 7.11. The number of benzene rings is 1. The number of hydrogen-bond acceptors (Lipinski definition) is 2. The Balaban J connectivity index is 2.30. The number of halogens is 1. The monoisotopic (exact) mass is 267 g/mol. The van der Waals surface area contributed by atoms with Gasteiger partial charge in [-0.3, -0.25) is 0 Å². The number of aliphatic hydroxyl groups excluding tert-OH is 1. The summed E-state index contributed by atoms with van der Waals surface area (Å²) in [6, 6.07) is 5.70. The molecule has 2 nitrogen and oxygen atoms in total. The lowest BCUT2D eigenvalue weighted by Gasteiger charge is -2.41. The van der Waals surface area contributed by atoms with Gasteiger partial charge in [0.15, 0.2) is 0 Å².